The average molecular weight is 324 g/mol. The highest BCUT2D eigenvalue weighted by molar-refractivity contribution is 6.62. The summed E-state index contributed by atoms with van der Waals surface area (Å²) in [6, 6.07) is 3.80. The number of aliphatic hydroxyl groups excluding tert-OH is 1. The molecule has 0 atom stereocenters. The lowest BCUT2D eigenvalue weighted by Gasteiger charge is -2.32. The molecule has 1 aromatic carbocycles. The minimum Gasteiger partial charge on any atom is -0.399 e. The van der Waals surface area contributed by atoms with Gasteiger partial charge in [0.25, 0.3) is 0 Å². The van der Waals surface area contributed by atoms with Crippen LogP contribution in [0.25, 0.3) is 0 Å². The van der Waals surface area contributed by atoms with E-state index in [1.165, 1.54) is 12.1 Å². The summed E-state index contributed by atoms with van der Waals surface area (Å²) in [5, 5.41) is 13.4. The number of aliphatic hydroxyl groups is 1. The van der Waals surface area contributed by atoms with Gasteiger partial charge in [-0.1, -0.05) is 6.07 Å². The number of anilines is 1. The standard InChI is InChI=1S/C15H22BFN2O4/c1-14(2)15(3,4)23-16(22-14)10-5-6-12(11(17)9-10)19-13(21)18-7-8-20/h5-6,9,20H,7-8H2,1-4H3,(H2,18,19,21). The largest absolute Gasteiger partial charge is 0.494 e. The summed E-state index contributed by atoms with van der Waals surface area (Å²) >= 11 is 0. The van der Waals surface area contributed by atoms with Crippen molar-refractivity contribution in [3.05, 3.63) is 24.0 Å². The molecule has 23 heavy (non-hydrogen) atoms. The summed E-state index contributed by atoms with van der Waals surface area (Å²) in [4.78, 5) is 11.5. The minimum absolute atomic E-state index is 0.0423. The van der Waals surface area contributed by atoms with Gasteiger partial charge in [-0.3, -0.25) is 0 Å². The third kappa shape index (κ3) is 3.83. The zero-order valence-corrected chi connectivity index (χ0v) is 13.8. The van der Waals surface area contributed by atoms with Crippen molar-refractivity contribution in [1.29, 1.82) is 0 Å². The lowest BCUT2D eigenvalue weighted by atomic mass is 9.79. The molecule has 2 amide bonds. The number of benzene rings is 1. The molecule has 2 rings (SSSR count). The van der Waals surface area contributed by atoms with Crippen molar-refractivity contribution in [3.63, 3.8) is 0 Å². The van der Waals surface area contributed by atoms with Crippen molar-refractivity contribution >= 4 is 24.3 Å². The molecule has 0 radical (unpaired) electrons. The van der Waals surface area contributed by atoms with Crippen LogP contribution in [-0.2, 0) is 9.31 Å². The summed E-state index contributed by atoms with van der Waals surface area (Å²) < 4.78 is 25.9. The Morgan fingerprint density at radius 3 is 2.39 bits per heavy atom. The number of amides is 2. The molecule has 0 aliphatic carbocycles. The van der Waals surface area contributed by atoms with E-state index < -0.39 is 30.2 Å². The van der Waals surface area contributed by atoms with Crippen LogP contribution in [0.4, 0.5) is 14.9 Å². The Balaban J connectivity index is 2.10. The van der Waals surface area contributed by atoms with Gasteiger partial charge in [-0.05, 0) is 45.3 Å². The van der Waals surface area contributed by atoms with Crippen LogP contribution in [0.15, 0.2) is 18.2 Å². The molecule has 1 aliphatic heterocycles. The third-order valence-corrected chi connectivity index (χ3v) is 4.16. The predicted octanol–water partition coefficient (Wildman–Crippen LogP) is 1.24. The Morgan fingerprint density at radius 1 is 1.26 bits per heavy atom. The quantitative estimate of drug-likeness (QED) is 0.728. The van der Waals surface area contributed by atoms with Gasteiger partial charge < -0.3 is 25.0 Å². The fourth-order valence-electron chi connectivity index (χ4n) is 2.09. The molecule has 1 fully saturated rings. The lowest BCUT2D eigenvalue weighted by Crippen LogP contribution is -2.41. The number of rotatable bonds is 4. The lowest BCUT2D eigenvalue weighted by molar-refractivity contribution is 0.00578. The highest BCUT2D eigenvalue weighted by Crippen LogP contribution is 2.36. The zero-order chi connectivity index (χ0) is 17.3. The van der Waals surface area contributed by atoms with Crippen LogP contribution in [0, 0.1) is 5.82 Å². The van der Waals surface area contributed by atoms with Gasteiger partial charge in [0.1, 0.15) is 5.82 Å². The SMILES string of the molecule is CC1(C)OB(c2ccc(NC(=O)NCCO)c(F)c2)OC1(C)C. The third-order valence-electron chi connectivity index (χ3n) is 4.16. The van der Waals surface area contributed by atoms with Crippen LogP contribution >= 0.6 is 0 Å². The monoisotopic (exact) mass is 324 g/mol. The summed E-state index contributed by atoms with van der Waals surface area (Å²) in [5.74, 6) is -0.587. The van der Waals surface area contributed by atoms with E-state index in [1.807, 2.05) is 27.7 Å². The summed E-state index contributed by atoms with van der Waals surface area (Å²) in [5.41, 5.74) is -0.423. The molecule has 1 aromatic rings. The molecule has 8 heteroatoms. The van der Waals surface area contributed by atoms with Crippen molar-refractivity contribution in [1.82, 2.24) is 5.32 Å². The molecule has 1 saturated heterocycles. The number of hydrogen-bond donors (Lipinski definition) is 3. The van der Waals surface area contributed by atoms with Gasteiger partial charge >= 0.3 is 13.1 Å². The van der Waals surface area contributed by atoms with Crippen LogP contribution in [0.3, 0.4) is 0 Å². The van der Waals surface area contributed by atoms with Gasteiger partial charge in [0, 0.05) is 6.54 Å². The summed E-state index contributed by atoms with van der Waals surface area (Å²) in [6.07, 6.45) is 0. The van der Waals surface area contributed by atoms with E-state index in [2.05, 4.69) is 10.6 Å². The first-order valence-electron chi connectivity index (χ1n) is 7.47. The van der Waals surface area contributed by atoms with Gasteiger partial charge in [-0.25, -0.2) is 9.18 Å². The molecule has 0 unspecified atom stereocenters. The molecular formula is C15H22BFN2O4. The molecule has 0 saturated carbocycles. The number of carbonyl (C=O) groups excluding carboxylic acids is 1. The van der Waals surface area contributed by atoms with Gasteiger partial charge in [-0.15, -0.1) is 0 Å². The van der Waals surface area contributed by atoms with Crippen LogP contribution in [0.5, 0.6) is 0 Å². The summed E-state index contributed by atoms with van der Waals surface area (Å²) in [7, 11) is -0.660. The predicted molar refractivity (Wildman–Crippen MR) is 86.2 cm³/mol. The fraction of sp³-hybridized carbons (Fsp3) is 0.533. The number of nitrogens with one attached hydrogen (secondary N) is 2. The zero-order valence-electron chi connectivity index (χ0n) is 13.8. The summed E-state index contributed by atoms with van der Waals surface area (Å²) in [6.45, 7) is 7.60. The molecule has 126 valence electrons. The smallest absolute Gasteiger partial charge is 0.399 e. The average Bonchev–Trinajstić information content (AvgIpc) is 2.67. The number of carbonyl (C=O) groups is 1. The number of urea groups is 1. The van der Waals surface area contributed by atoms with E-state index in [9.17, 15) is 9.18 Å². The normalized spacial score (nSPS) is 18.8. The second-order valence-electron chi connectivity index (χ2n) is 6.43. The van der Waals surface area contributed by atoms with Crippen LogP contribution in [0.2, 0.25) is 0 Å². The molecule has 0 spiro atoms. The van der Waals surface area contributed by atoms with Crippen molar-refractivity contribution in [2.24, 2.45) is 0 Å². The Labute approximate surface area is 135 Å². The number of hydrogen-bond acceptors (Lipinski definition) is 4. The molecule has 0 aromatic heterocycles. The van der Waals surface area contributed by atoms with Gasteiger partial charge in [0.15, 0.2) is 0 Å². The molecular weight excluding hydrogens is 302 g/mol. The maximum absolute atomic E-state index is 14.2. The topological polar surface area (TPSA) is 79.8 Å². The van der Waals surface area contributed by atoms with Crippen LogP contribution in [-0.4, -0.2) is 42.6 Å². The second kappa shape index (κ2) is 6.47. The highest BCUT2D eigenvalue weighted by Gasteiger charge is 2.51. The van der Waals surface area contributed by atoms with E-state index >= 15 is 0 Å². The second-order valence-corrected chi connectivity index (χ2v) is 6.43. The van der Waals surface area contributed by atoms with Gasteiger partial charge in [0.2, 0.25) is 0 Å². The molecule has 1 aliphatic rings. The Kier molecular flexibility index (Phi) is 4.98. The van der Waals surface area contributed by atoms with Crippen molar-refractivity contribution in [2.75, 3.05) is 18.5 Å². The van der Waals surface area contributed by atoms with E-state index in [0.717, 1.165) is 0 Å². The van der Waals surface area contributed by atoms with Crippen molar-refractivity contribution in [2.45, 2.75) is 38.9 Å². The highest BCUT2D eigenvalue weighted by atomic mass is 19.1. The van der Waals surface area contributed by atoms with Gasteiger partial charge in [-0.2, -0.15) is 0 Å². The van der Waals surface area contributed by atoms with Crippen molar-refractivity contribution < 1.29 is 23.6 Å². The first-order valence-corrected chi connectivity index (χ1v) is 7.47. The Hall–Kier alpha value is -1.64. The van der Waals surface area contributed by atoms with E-state index in [0.29, 0.717) is 5.46 Å². The molecule has 0 bridgehead atoms. The van der Waals surface area contributed by atoms with Crippen molar-refractivity contribution in [3.8, 4) is 0 Å². The first kappa shape index (κ1) is 17.7. The Morgan fingerprint density at radius 2 is 1.87 bits per heavy atom. The van der Waals surface area contributed by atoms with E-state index in [4.69, 9.17) is 14.4 Å². The molecule has 6 nitrogen and oxygen atoms in total. The number of halogens is 1. The van der Waals surface area contributed by atoms with Gasteiger partial charge in [0.05, 0.1) is 23.5 Å². The molecule has 3 N–H and O–H groups in total. The van der Waals surface area contributed by atoms with Crippen LogP contribution in [0.1, 0.15) is 27.7 Å². The minimum atomic E-state index is -0.660. The molecule has 1 heterocycles. The van der Waals surface area contributed by atoms with E-state index in [1.54, 1.807) is 6.07 Å². The fourth-order valence-corrected chi connectivity index (χ4v) is 2.09. The van der Waals surface area contributed by atoms with E-state index in [-0.39, 0.29) is 18.8 Å². The maximum Gasteiger partial charge on any atom is 0.494 e. The first-order chi connectivity index (χ1) is 10.7. The van der Waals surface area contributed by atoms with Crippen LogP contribution < -0.4 is 16.1 Å². The Bertz CT molecular complexity index is 579. The maximum atomic E-state index is 14.2.